The molecule has 0 aliphatic carbocycles. The molecule has 0 aromatic heterocycles. The molecule has 0 saturated carbocycles. The summed E-state index contributed by atoms with van der Waals surface area (Å²) in [5.41, 5.74) is 2.24. The van der Waals surface area contributed by atoms with E-state index in [4.69, 9.17) is 0 Å². The molecule has 0 atom stereocenters. The topological polar surface area (TPSA) is 20.3 Å². The van der Waals surface area contributed by atoms with Crippen LogP contribution in [0.25, 0.3) is 0 Å². The Morgan fingerprint density at radius 2 is 1.95 bits per heavy atom. The number of amides is 1. The summed E-state index contributed by atoms with van der Waals surface area (Å²) < 4.78 is 15.0. The predicted octanol–water partition coefficient (Wildman–Crippen LogP) is 4.55. The Morgan fingerprint density at radius 1 is 1.15 bits per heavy atom. The number of halogens is 3. The zero-order chi connectivity index (χ0) is 14.3. The van der Waals surface area contributed by atoms with Gasteiger partial charge in [-0.3, -0.25) is 4.79 Å². The standard InChI is InChI=1S/C15H10Br2FNO/c16-10-2-4-13(17)12(7-10)15(20)19-6-5-9-1-3-11(18)8-14(9)19/h1-4,7-8H,5-6H2. The van der Waals surface area contributed by atoms with Gasteiger partial charge in [0.25, 0.3) is 5.91 Å². The minimum atomic E-state index is -0.322. The molecule has 0 radical (unpaired) electrons. The molecule has 0 unspecified atom stereocenters. The number of fused-ring (bicyclic) bond motifs is 1. The number of rotatable bonds is 1. The van der Waals surface area contributed by atoms with Crippen molar-refractivity contribution < 1.29 is 9.18 Å². The van der Waals surface area contributed by atoms with Crippen LogP contribution in [0.3, 0.4) is 0 Å². The third-order valence-corrected chi connectivity index (χ3v) is 4.53. The first kappa shape index (κ1) is 13.8. The summed E-state index contributed by atoms with van der Waals surface area (Å²) in [6.07, 6.45) is 0.757. The van der Waals surface area contributed by atoms with Gasteiger partial charge in [0.1, 0.15) is 5.82 Å². The molecule has 0 spiro atoms. The maximum absolute atomic E-state index is 13.4. The molecule has 2 aromatic rings. The molecule has 0 saturated heterocycles. The summed E-state index contributed by atoms with van der Waals surface area (Å²) in [6, 6.07) is 10.0. The Balaban J connectivity index is 2.01. The van der Waals surface area contributed by atoms with E-state index in [0.717, 1.165) is 20.9 Å². The third kappa shape index (κ3) is 2.40. The summed E-state index contributed by atoms with van der Waals surface area (Å²) in [7, 11) is 0. The van der Waals surface area contributed by atoms with E-state index in [2.05, 4.69) is 31.9 Å². The van der Waals surface area contributed by atoms with Crippen LogP contribution in [-0.2, 0) is 6.42 Å². The van der Waals surface area contributed by atoms with E-state index in [1.54, 1.807) is 17.0 Å². The van der Waals surface area contributed by atoms with Crippen molar-refractivity contribution in [2.45, 2.75) is 6.42 Å². The molecule has 0 fully saturated rings. The first-order valence-corrected chi connectivity index (χ1v) is 7.70. The lowest BCUT2D eigenvalue weighted by Crippen LogP contribution is -2.29. The fourth-order valence-electron chi connectivity index (χ4n) is 2.37. The highest BCUT2D eigenvalue weighted by Gasteiger charge is 2.27. The van der Waals surface area contributed by atoms with Gasteiger partial charge in [-0.1, -0.05) is 22.0 Å². The van der Waals surface area contributed by atoms with Crippen molar-refractivity contribution >= 4 is 43.5 Å². The Bertz CT molecular complexity index is 702. The number of hydrogen-bond donors (Lipinski definition) is 0. The third-order valence-electron chi connectivity index (χ3n) is 3.35. The minimum absolute atomic E-state index is 0.123. The van der Waals surface area contributed by atoms with E-state index in [1.165, 1.54) is 12.1 Å². The summed E-state index contributed by atoms with van der Waals surface area (Å²) in [6.45, 7) is 0.580. The molecule has 5 heteroatoms. The highest BCUT2D eigenvalue weighted by atomic mass is 79.9. The second-order valence-corrected chi connectivity index (χ2v) is 6.37. The normalized spacial score (nSPS) is 13.4. The molecule has 1 aliphatic rings. The minimum Gasteiger partial charge on any atom is -0.308 e. The lowest BCUT2D eigenvalue weighted by atomic mass is 10.1. The van der Waals surface area contributed by atoms with Crippen molar-refractivity contribution in [1.82, 2.24) is 0 Å². The first-order valence-electron chi connectivity index (χ1n) is 6.11. The molecule has 1 amide bonds. The molecule has 1 aliphatic heterocycles. The van der Waals surface area contributed by atoms with Gasteiger partial charge < -0.3 is 4.90 Å². The van der Waals surface area contributed by atoms with E-state index in [0.29, 0.717) is 17.8 Å². The van der Waals surface area contributed by atoms with Gasteiger partial charge in [0, 0.05) is 15.5 Å². The molecule has 20 heavy (non-hydrogen) atoms. The van der Waals surface area contributed by atoms with Crippen LogP contribution in [0, 0.1) is 5.82 Å². The van der Waals surface area contributed by atoms with Crippen molar-refractivity contribution in [1.29, 1.82) is 0 Å². The number of anilines is 1. The molecule has 2 nitrogen and oxygen atoms in total. The van der Waals surface area contributed by atoms with Gasteiger partial charge in [-0.25, -0.2) is 4.39 Å². The van der Waals surface area contributed by atoms with Gasteiger partial charge in [-0.05, 0) is 58.2 Å². The van der Waals surface area contributed by atoms with Crippen molar-refractivity contribution in [2.75, 3.05) is 11.4 Å². The van der Waals surface area contributed by atoms with Gasteiger partial charge in [-0.2, -0.15) is 0 Å². The van der Waals surface area contributed by atoms with E-state index in [-0.39, 0.29) is 11.7 Å². The second kappa shape index (κ2) is 5.30. The van der Waals surface area contributed by atoms with Crippen LogP contribution in [0.1, 0.15) is 15.9 Å². The van der Waals surface area contributed by atoms with Crippen molar-refractivity contribution in [3.63, 3.8) is 0 Å². The van der Waals surface area contributed by atoms with Gasteiger partial charge in [0.05, 0.1) is 11.3 Å². The average molecular weight is 399 g/mol. The Hall–Kier alpha value is -1.20. The fourth-order valence-corrected chi connectivity index (χ4v) is 3.15. The molecule has 0 bridgehead atoms. The fraction of sp³-hybridized carbons (Fsp3) is 0.133. The maximum atomic E-state index is 13.4. The average Bonchev–Trinajstić information content (AvgIpc) is 2.83. The number of carbonyl (C=O) groups is 1. The second-order valence-electron chi connectivity index (χ2n) is 4.60. The molecule has 2 aromatic carbocycles. The van der Waals surface area contributed by atoms with Gasteiger partial charge in [-0.15, -0.1) is 0 Å². The highest BCUT2D eigenvalue weighted by molar-refractivity contribution is 9.11. The van der Waals surface area contributed by atoms with Gasteiger partial charge in [0.15, 0.2) is 0 Å². The van der Waals surface area contributed by atoms with Crippen LogP contribution in [0.4, 0.5) is 10.1 Å². The molecular formula is C15H10Br2FNO. The Kier molecular flexibility index (Phi) is 3.65. The molecule has 102 valence electrons. The largest absolute Gasteiger partial charge is 0.308 e. The molecule has 0 N–H and O–H groups in total. The van der Waals surface area contributed by atoms with Crippen LogP contribution in [0.15, 0.2) is 45.3 Å². The molecular weight excluding hydrogens is 389 g/mol. The SMILES string of the molecule is O=C(c1cc(Br)ccc1Br)N1CCc2ccc(F)cc21. The zero-order valence-electron chi connectivity index (χ0n) is 10.4. The number of carbonyl (C=O) groups excluding carboxylic acids is 1. The quantitative estimate of drug-likeness (QED) is 0.689. The van der Waals surface area contributed by atoms with Crippen LogP contribution in [0.2, 0.25) is 0 Å². The van der Waals surface area contributed by atoms with E-state index < -0.39 is 0 Å². The Labute approximate surface area is 132 Å². The number of benzene rings is 2. The lowest BCUT2D eigenvalue weighted by Gasteiger charge is -2.18. The molecule has 3 rings (SSSR count). The van der Waals surface area contributed by atoms with Crippen LogP contribution < -0.4 is 4.90 Å². The smallest absolute Gasteiger partial charge is 0.259 e. The maximum Gasteiger partial charge on any atom is 0.259 e. The van der Waals surface area contributed by atoms with Crippen molar-refractivity contribution in [3.8, 4) is 0 Å². The van der Waals surface area contributed by atoms with E-state index in [9.17, 15) is 9.18 Å². The number of nitrogens with zero attached hydrogens (tertiary/aromatic N) is 1. The van der Waals surface area contributed by atoms with Crippen molar-refractivity contribution in [3.05, 3.63) is 62.3 Å². The van der Waals surface area contributed by atoms with E-state index >= 15 is 0 Å². The summed E-state index contributed by atoms with van der Waals surface area (Å²) in [5, 5.41) is 0. The van der Waals surface area contributed by atoms with Gasteiger partial charge in [0.2, 0.25) is 0 Å². The number of hydrogen-bond acceptors (Lipinski definition) is 1. The predicted molar refractivity (Wildman–Crippen MR) is 83.6 cm³/mol. The molecule has 1 heterocycles. The summed E-state index contributed by atoms with van der Waals surface area (Å²) in [4.78, 5) is 14.3. The Morgan fingerprint density at radius 3 is 2.75 bits per heavy atom. The first-order chi connectivity index (χ1) is 9.56. The van der Waals surface area contributed by atoms with E-state index in [1.807, 2.05) is 12.1 Å². The highest BCUT2D eigenvalue weighted by Crippen LogP contribution is 2.32. The zero-order valence-corrected chi connectivity index (χ0v) is 13.5. The van der Waals surface area contributed by atoms with Crippen LogP contribution in [-0.4, -0.2) is 12.5 Å². The monoisotopic (exact) mass is 397 g/mol. The van der Waals surface area contributed by atoms with Crippen molar-refractivity contribution in [2.24, 2.45) is 0 Å². The summed E-state index contributed by atoms with van der Waals surface area (Å²) >= 11 is 6.76. The van der Waals surface area contributed by atoms with Crippen LogP contribution in [0.5, 0.6) is 0 Å². The summed E-state index contributed by atoms with van der Waals surface area (Å²) in [5.74, 6) is -0.445. The van der Waals surface area contributed by atoms with Crippen LogP contribution >= 0.6 is 31.9 Å². The lowest BCUT2D eigenvalue weighted by molar-refractivity contribution is 0.0988. The van der Waals surface area contributed by atoms with Gasteiger partial charge >= 0.3 is 0 Å².